The third kappa shape index (κ3) is 4.38. The van der Waals surface area contributed by atoms with Gasteiger partial charge in [-0.1, -0.05) is 24.3 Å². The van der Waals surface area contributed by atoms with E-state index in [1.54, 1.807) is 4.90 Å². The van der Waals surface area contributed by atoms with Gasteiger partial charge >= 0.3 is 6.09 Å². The Balaban J connectivity index is 1.90. The Bertz CT molecular complexity index is 873. The second kappa shape index (κ2) is 7.70. The van der Waals surface area contributed by atoms with E-state index in [4.69, 9.17) is 16.2 Å². The Hall–Kier alpha value is -2.76. The van der Waals surface area contributed by atoms with E-state index in [-0.39, 0.29) is 12.0 Å². The third-order valence-corrected chi connectivity index (χ3v) is 5.05. The molecule has 0 bridgehead atoms. The number of hydrogen-bond donors (Lipinski definition) is 2. The van der Waals surface area contributed by atoms with Crippen LogP contribution in [0.2, 0.25) is 0 Å². The zero-order valence-corrected chi connectivity index (χ0v) is 17.2. The number of rotatable bonds is 2. The predicted molar refractivity (Wildman–Crippen MR) is 113 cm³/mol. The highest BCUT2D eigenvalue weighted by molar-refractivity contribution is 5.74. The lowest BCUT2D eigenvalue weighted by Gasteiger charge is -2.35. The second-order valence-electron chi connectivity index (χ2n) is 8.48. The number of ether oxygens (including phenoxy) is 1. The standard InChI is InChI=1S/C22H30N4O2/c1-14-8-5-6-10-16(14)18-12-17(19(23)20(24)25-18)15-9-7-11-26(13-15)21(27)28-22(2,3)4/h5-6,8,10,12,15H,7,9,11,13,23H2,1-4H3,(H2,24,25). The largest absolute Gasteiger partial charge is 0.444 e. The molecule has 2 heterocycles. The third-order valence-electron chi connectivity index (χ3n) is 5.05. The Labute approximate surface area is 166 Å². The summed E-state index contributed by atoms with van der Waals surface area (Å²) in [6.45, 7) is 8.94. The van der Waals surface area contributed by atoms with Crippen LogP contribution in [0.3, 0.4) is 0 Å². The molecular weight excluding hydrogens is 352 g/mol. The van der Waals surface area contributed by atoms with Gasteiger partial charge in [0.15, 0.2) is 0 Å². The molecule has 1 aromatic carbocycles. The molecule has 0 spiro atoms. The van der Waals surface area contributed by atoms with Gasteiger partial charge < -0.3 is 21.1 Å². The summed E-state index contributed by atoms with van der Waals surface area (Å²) in [6.07, 6.45) is 1.56. The van der Waals surface area contributed by atoms with E-state index in [0.717, 1.165) is 35.2 Å². The monoisotopic (exact) mass is 382 g/mol. The molecule has 3 rings (SSSR count). The van der Waals surface area contributed by atoms with Crippen molar-refractivity contribution in [2.45, 2.75) is 52.1 Å². The first kappa shape index (κ1) is 20.0. The first-order valence-electron chi connectivity index (χ1n) is 9.75. The molecule has 1 aliphatic heterocycles. The zero-order valence-electron chi connectivity index (χ0n) is 17.2. The van der Waals surface area contributed by atoms with Crippen molar-refractivity contribution in [1.82, 2.24) is 9.88 Å². The number of nitrogen functional groups attached to an aromatic ring is 2. The minimum Gasteiger partial charge on any atom is -0.444 e. The summed E-state index contributed by atoms with van der Waals surface area (Å²) >= 11 is 0. The Kier molecular flexibility index (Phi) is 5.49. The molecule has 2 aromatic rings. The quantitative estimate of drug-likeness (QED) is 0.806. The van der Waals surface area contributed by atoms with Gasteiger partial charge in [0.25, 0.3) is 0 Å². The molecule has 6 nitrogen and oxygen atoms in total. The molecule has 1 fully saturated rings. The van der Waals surface area contributed by atoms with Gasteiger partial charge in [0.05, 0.1) is 11.4 Å². The summed E-state index contributed by atoms with van der Waals surface area (Å²) in [4.78, 5) is 18.8. The van der Waals surface area contributed by atoms with Crippen LogP contribution in [-0.2, 0) is 4.74 Å². The minimum atomic E-state index is -0.512. The normalized spacial score (nSPS) is 17.4. The molecule has 1 aromatic heterocycles. The molecule has 1 unspecified atom stereocenters. The number of carbonyl (C=O) groups excluding carboxylic acids is 1. The van der Waals surface area contributed by atoms with E-state index < -0.39 is 5.60 Å². The number of likely N-dealkylation sites (tertiary alicyclic amines) is 1. The number of aryl methyl sites for hydroxylation is 1. The van der Waals surface area contributed by atoms with Gasteiger partial charge in [0.2, 0.25) is 0 Å². The summed E-state index contributed by atoms with van der Waals surface area (Å²) < 4.78 is 5.54. The molecule has 0 radical (unpaired) electrons. The van der Waals surface area contributed by atoms with Gasteiger partial charge in [-0.3, -0.25) is 0 Å². The van der Waals surface area contributed by atoms with Gasteiger partial charge in [-0.15, -0.1) is 0 Å². The number of pyridine rings is 1. The zero-order chi connectivity index (χ0) is 20.5. The number of anilines is 2. The Morgan fingerprint density at radius 2 is 1.96 bits per heavy atom. The molecule has 6 heteroatoms. The maximum absolute atomic E-state index is 12.5. The summed E-state index contributed by atoms with van der Waals surface area (Å²) in [5.74, 6) is 0.444. The summed E-state index contributed by atoms with van der Waals surface area (Å²) in [6, 6.07) is 10.1. The molecular formula is C22H30N4O2. The lowest BCUT2D eigenvalue weighted by Crippen LogP contribution is -2.42. The summed E-state index contributed by atoms with van der Waals surface area (Å²) in [7, 11) is 0. The van der Waals surface area contributed by atoms with E-state index in [2.05, 4.69) is 4.98 Å². The second-order valence-corrected chi connectivity index (χ2v) is 8.48. The van der Waals surface area contributed by atoms with E-state index in [0.29, 0.717) is 24.6 Å². The molecule has 0 aliphatic carbocycles. The van der Waals surface area contributed by atoms with Crippen LogP contribution in [0.4, 0.5) is 16.3 Å². The number of nitrogens with two attached hydrogens (primary N) is 2. The minimum absolute atomic E-state index is 0.106. The Morgan fingerprint density at radius 1 is 1.25 bits per heavy atom. The van der Waals surface area contributed by atoms with Crippen LogP contribution in [-0.4, -0.2) is 34.7 Å². The fourth-order valence-electron chi connectivity index (χ4n) is 3.65. The number of aromatic nitrogens is 1. The first-order chi connectivity index (χ1) is 13.2. The van der Waals surface area contributed by atoms with Gasteiger partial charge in [-0.2, -0.15) is 0 Å². The van der Waals surface area contributed by atoms with Gasteiger partial charge in [-0.25, -0.2) is 9.78 Å². The number of nitrogens with zero attached hydrogens (tertiary/aromatic N) is 2. The highest BCUT2D eigenvalue weighted by Gasteiger charge is 2.30. The molecule has 1 aliphatic rings. The van der Waals surface area contributed by atoms with Crippen molar-refractivity contribution in [2.75, 3.05) is 24.6 Å². The van der Waals surface area contributed by atoms with Crippen LogP contribution < -0.4 is 11.5 Å². The van der Waals surface area contributed by atoms with Crippen LogP contribution >= 0.6 is 0 Å². The first-order valence-corrected chi connectivity index (χ1v) is 9.75. The topological polar surface area (TPSA) is 94.5 Å². The highest BCUT2D eigenvalue weighted by atomic mass is 16.6. The van der Waals surface area contributed by atoms with Gasteiger partial charge in [-0.05, 0) is 57.7 Å². The van der Waals surface area contributed by atoms with Crippen LogP contribution in [0, 0.1) is 6.92 Å². The average molecular weight is 383 g/mol. The van der Waals surface area contributed by atoms with Crippen molar-refractivity contribution < 1.29 is 9.53 Å². The maximum atomic E-state index is 12.5. The van der Waals surface area contributed by atoms with Crippen molar-refractivity contribution in [3.05, 3.63) is 41.5 Å². The molecule has 150 valence electrons. The highest BCUT2D eigenvalue weighted by Crippen LogP contribution is 2.36. The van der Waals surface area contributed by atoms with E-state index in [9.17, 15) is 4.79 Å². The summed E-state index contributed by atoms with van der Waals surface area (Å²) in [5.41, 5.74) is 16.4. The van der Waals surface area contributed by atoms with Crippen molar-refractivity contribution in [3.8, 4) is 11.3 Å². The molecule has 0 saturated carbocycles. The van der Waals surface area contributed by atoms with Gasteiger partial charge in [0.1, 0.15) is 11.4 Å². The fourth-order valence-corrected chi connectivity index (χ4v) is 3.65. The number of amides is 1. The summed E-state index contributed by atoms with van der Waals surface area (Å²) in [5, 5.41) is 0. The van der Waals surface area contributed by atoms with Crippen molar-refractivity contribution in [3.63, 3.8) is 0 Å². The van der Waals surface area contributed by atoms with Crippen LogP contribution in [0.15, 0.2) is 30.3 Å². The van der Waals surface area contributed by atoms with Crippen LogP contribution in [0.1, 0.15) is 50.7 Å². The smallest absolute Gasteiger partial charge is 0.410 e. The lowest BCUT2D eigenvalue weighted by molar-refractivity contribution is 0.0198. The van der Waals surface area contributed by atoms with Crippen LogP contribution in [0.25, 0.3) is 11.3 Å². The van der Waals surface area contributed by atoms with E-state index >= 15 is 0 Å². The molecule has 1 atom stereocenters. The maximum Gasteiger partial charge on any atom is 0.410 e. The van der Waals surface area contributed by atoms with Crippen molar-refractivity contribution in [2.24, 2.45) is 0 Å². The Morgan fingerprint density at radius 3 is 2.64 bits per heavy atom. The molecule has 28 heavy (non-hydrogen) atoms. The molecule has 4 N–H and O–H groups in total. The number of piperidine rings is 1. The average Bonchev–Trinajstić information content (AvgIpc) is 2.63. The van der Waals surface area contributed by atoms with E-state index in [1.165, 1.54) is 0 Å². The molecule has 1 saturated heterocycles. The van der Waals surface area contributed by atoms with E-state index in [1.807, 2.05) is 58.0 Å². The SMILES string of the molecule is Cc1ccccc1-c1cc(C2CCCN(C(=O)OC(C)(C)C)C2)c(N)c(N)n1. The lowest BCUT2D eigenvalue weighted by atomic mass is 9.88. The fraction of sp³-hybridized carbons (Fsp3) is 0.455. The number of benzene rings is 1. The molecule has 1 amide bonds. The van der Waals surface area contributed by atoms with Crippen molar-refractivity contribution in [1.29, 1.82) is 0 Å². The number of carbonyl (C=O) groups is 1. The van der Waals surface area contributed by atoms with Gasteiger partial charge in [0, 0.05) is 24.6 Å². The predicted octanol–water partition coefficient (Wildman–Crippen LogP) is 4.34. The number of hydrogen-bond acceptors (Lipinski definition) is 5. The van der Waals surface area contributed by atoms with Crippen molar-refractivity contribution >= 4 is 17.6 Å². The van der Waals surface area contributed by atoms with Crippen LogP contribution in [0.5, 0.6) is 0 Å².